The quantitative estimate of drug-likeness (QED) is 0.164. The van der Waals surface area contributed by atoms with Crippen LogP contribution in [0, 0.1) is 21.4 Å². The van der Waals surface area contributed by atoms with Crippen LogP contribution < -0.4 is 4.90 Å². The van der Waals surface area contributed by atoms with Gasteiger partial charge in [0.05, 0.1) is 16.2 Å². The van der Waals surface area contributed by atoms with Crippen molar-refractivity contribution in [2.45, 2.75) is 6.32 Å². The fourth-order valence-corrected chi connectivity index (χ4v) is 3.21. The van der Waals surface area contributed by atoms with E-state index in [0.717, 1.165) is 10.7 Å². The predicted molar refractivity (Wildman–Crippen MR) is 118 cm³/mol. The molecule has 0 unspecified atom stereocenters. The topological polar surface area (TPSA) is 93.7 Å². The Morgan fingerprint density at radius 2 is 1.93 bits per heavy atom. The molecule has 0 radical (unpaired) electrons. The number of alkyl halides is 1. The number of nitro benzene ring substituents is 1. The van der Waals surface area contributed by atoms with Crippen LogP contribution >= 0.6 is 22.6 Å². The Bertz CT molecular complexity index is 717. The molecule has 1 amide bonds. The molecule has 10 heteroatoms. The van der Waals surface area contributed by atoms with E-state index in [-0.39, 0.29) is 16.8 Å². The summed E-state index contributed by atoms with van der Waals surface area (Å²) in [5.74, 6) is -0.416. The summed E-state index contributed by atoms with van der Waals surface area (Å²) in [4.78, 5) is 29.2. The lowest BCUT2D eigenvalue weighted by Crippen LogP contribution is -2.34. The second-order valence-corrected chi connectivity index (χ2v) is 7.54. The maximum Gasteiger partial charge on any atom is 0.283 e. The normalized spacial score (nSPS) is 10.5. The number of nitro groups is 1. The minimum Gasteiger partial charge on any atom is -0.370 e. The molecule has 27 heavy (non-hydrogen) atoms. The Hall–Kier alpha value is -1.87. The van der Waals surface area contributed by atoms with E-state index in [9.17, 15) is 20.2 Å². The molecule has 0 spiro atoms. The Labute approximate surface area is 174 Å². The fourth-order valence-electron chi connectivity index (χ4n) is 2.63. The largest absolute Gasteiger partial charge is 0.370 e. The van der Waals surface area contributed by atoms with Crippen molar-refractivity contribution in [3.8, 4) is 6.07 Å². The molecule has 1 aromatic rings. The molecule has 0 bridgehead atoms. The van der Waals surface area contributed by atoms with Crippen LogP contribution in [0.2, 0.25) is 6.32 Å². The fraction of sp³-hybridized carbons (Fsp3) is 0.529. The second-order valence-electron chi connectivity index (χ2n) is 6.46. The summed E-state index contributed by atoms with van der Waals surface area (Å²) in [6.07, 6.45) is 0.866. The Kier molecular flexibility index (Phi) is 9.52. The van der Waals surface area contributed by atoms with Crippen LogP contribution in [-0.4, -0.2) is 80.2 Å². The van der Waals surface area contributed by atoms with E-state index < -0.39 is 10.8 Å². The zero-order valence-corrected chi connectivity index (χ0v) is 18.4. The van der Waals surface area contributed by atoms with Crippen molar-refractivity contribution in [3.63, 3.8) is 0 Å². The highest BCUT2D eigenvalue weighted by Gasteiger charge is 2.27. The van der Waals surface area contributed by atoms with Gasteiger partial charge < -0.3 is 14.7 Å². The van der Waals surface area contributed by atoms with Gasteiger partial charge in [-0.3, -0.25) is 14.9 Å². The molecule has 0 heterocycles. The molecular formula is C17H25BIN5O3. The van der Waals surface area contributed by atoms with Gasteiger partial charge in [-0.1, -0.05) is 28.9 Å². The third-order valence-electron chi connectivity index (χ3n) is 4.08. The van der Waals surface area contributed by atoms with Crippen LogP contribution in [-0.2, 0) is 0 Å². The number of hydrogen-bond donors (Lipinski definition) is 0. The summed E-state index contributed by atoms with van der Waals surface area (Å²) in [6.45, 7) is 2.51. The van der Waals surface area contributed by atoms with Gasteiger partial charge in [0.25, 0.3) is 11.6 Å². The Balaban J connectivity index is 3.43. The number of carbonyl (C=O) groups is 1. The molecule has 0 aliphatic carbocycles. The van der Waals surface area contributed by atoms with Gasteiger partial charge in [-0.05, 0) is 20.2 Å². The summed E-state index contributed by atoms with van der Waals surface area (Å²) in [7, 11) is 7.45. The third kappa shape index (κ3) is 6.36. The molecule has 0 saturated carbocycles. The lowest BCUT2D eigenvalue weighted by Gasteiger charge is -2.26. The highest BCUT2D eigenvalue weighted by molar-refractivity contribution is 14.1. The molecule has 1 rings (SSSR count). The molecular weight excluding hydrogens is 460 g/mol. The first-order valence-electron chi connectivity index (χ1n) is 8.70. The van der Waals surface area contributed by atoms with Gasteiger partial charge >= 0.3 is 0 Å². The summed E-state index contributed by atoms with van der Waals surface area (Å²) >= 11 is 2.25. The lowest BCUT2D eigenvalue weighted by atomic mass is 10.0. The minimum atomic E-state index is -0.597. The van der Waals surface area contributed by atoms with Gasteiger partial charge in [0.1, 0.15) is 19.5 Å². The van der Waals surface area contributed by atoms with E-state index in [4.69, 9.17) is 0 Å². The molecule has 1 aromatic carbocycles. The minimum absolute atomic E-state index is 0.0183. The van der Waals surface area contributed by atoms with Gasteiger partial charge in [0.15, 0.2) is 0 Å². The molecule has 0 aliphatic rings. The van der Waals surface area contributed by atoms with E-state index in [1.165, 1.54) is 17.0 Å². The van der Waals surface area contributed by atoms with Crippen LogP contribution in [0.3, 0.4) is 0 Å². The number of hydrogen-bond acceptors (Lipinski definition) is 6. The van der Waals surface area contributed by atoms with Gasteiger partial charge in [0, 0.05) is 43.7 Å². The number of benzene rings is 1. The summed E-state index contributed by atoms with van der Waals surface area (Å²) in [5.41, 5.74) is 0.478. The number of anilines is 1. The van der Waals surface area contributed by atoms with Gasteiger partial charge in [-0.25, -0.2) is 0 Å². The molecule has 8 nitrogen and oxygen atoms in total. The maximum absolute atomic E-state index is 12.9. The van der Waals surface area contributed by atoms with Crippen LogP contribution in [0.25, 0.3) is 0 Å². The first-order valence-corrected chi connectivity index (χ1v) is 10.2. The van der Waals surface area contributed by atoms with Crippen molar-refractivity contribution in [2.75, 3.05) is 56.6 Å². The van der Waals surface area contributed by atoms with E-state index >= 15 is 0 Å². The molecule has 0 atom stereocenters. The lowest BCUT2D eigenvalue weighted by molar-refractivity contribution is -0.385. The summed E-state index contributed by atoms with van der Waals surface area (Å²) < 4.78 is 0.839. The Morgan fingerprint density at radius 1 is 1.26 bits per heavy atom. The first-order chi connectivity index (χ1) is 12.8. The summed E-state index contributed by atoms with van der Waals surface area (Å²) in [5, 5.41) is 21.0. The molecule has 0 saturated heterocycles. The number of rotatable bonds is 10. The molecule has 0 fully saturated rings. The number of carbonyl (C=O) groups excluding carboxylic acids is 1. The van der Waals surface area contributed by atoms with Crippen LogP contribution in [0.1, 0.15) is 15.9 Å². The molecule has 146 valence electrons. The number of nitrogens with zero attached hydrogens (tertiary/aromatic N) is 5. The van der Waals surface area contributed by atoms with Crippen molar-refractivity contribution in [2.24, 2.45) is 0 Å². The Morgan fingerprint density at radius 3 is 2.41 bits per heavy atom. The van der Waals surface area contributed by atoms with Crippen molar-refractivity contribution in [3.05, 3.63) is 33.4 Å². The van der Waals surface area contributed by atoms with Crippen LogP contribution in [0.5, 0.6) is 0 Å². The number of amides is 1. The molecule has 0 N–H and O–H groups in total. The number of likely N-dealkylation sites (N-methyl/N-ethyl adjacent to an activating group) is 2. The zero-order chi connectivity index (χ0) is 20.6. The number of nitriles is 1. The highest BCUT2D eigenvalue weighted by Crippen LogP contribution is 2.30. The number of halogens is 1. The standard InChI is InChI=1S/C17H25BIN5O3/c1-21(2)8-9-22(3)17(25)14-11-15(23(6-4-18)7-5-19)13(12-20)10-16(14)24(26)27/h10-11H,4-9,18H2,1-3H3. The average molecular weight is 485 g/mol. The third-order valence-corrected chi connectivity index (χ3v) is 4.56. The molecule has 0 aromatic heterocycles. The van der Waals surface area contributed by atoms with E-state index in [0.29, 0.717) is 31.9 Å². The van der Waals surface area contributed by atoms with Crippen molar-refractivity contribution >= 4 is 47.7 Å². The maximum atomic E-state index is 12.9. The van der Waals surface area contributed by atoms with Crippen molar-refractivity contribution < 1.29 is 9.72 Å². The van der Waals surface area contributed by atoms with Gasteiger partial charge in [-0.15, -0.1) is 0 Å². The highest BCUT2D eigenvalue weighted by atomic mass is 127. The average Bonchev–Trinajstić information content (AvgIpc) is 2.64. The van der Waals surface area contributed by atoms with E-state index in [2.05, 4.69) is 22.6 Å². The zero-order valence-electron chi connectivity index (χ0n) is 16.2. The van der Waals surface area contributed by atoms with Crippen LogP contribution in [0.4, 0.5) is 11.4 Å². The second kappa shape index (κ2) is 11.1. The predicted octanol–water partition coefficient (Wildman–Crippen LogP) is 1.39. The van der Waals surface area contributed by atoms with Crippen molar-refractivity contribution in [1.29, 1.82) is 5.26 Å². The van der Waals surface area contributed by atoms with E-state index in [1.54, 1.807) is 7.05 Å². The van der Waals surface area contributed by atoms with E-state index in [1.807, 2.05) is 37.8 Å². The SMILES string of the molecule is BCCN(CCI)c1cc(C(=O)N(C)CCN(C)C)c([N+](=O)[O-])cc1C#N. The van der Waals surface area contributed by atoms with Crippen LogP contribution in [0.15, 0.2) is 12.1 Å². The van der Waals surface area contributed by atoms with Gasteiger partial charge in [-0.2, -0.15) is 5.26 Å². The van der Waals surface area contributed by atoms with Gasteiger partial charge in [0.2, 0.25) is 0 Å². The summed E-state index contributed by atoms with van der Waals surface area (Å²) in [6, 6.07) is 4.77. The molecule has 0 aliphatic heterocycles. The smallest absolute Gasteiger partial charge is 0.283 e. The monoisotopic (exact) mass is 485 g/mol. The van der Waals surface area contributed by atoms with Crippen molar-refractivity contribution in [1.82, 2.24) is 9.80 Å². The first kappa shape index (κ1) is 23.2.